The van der Waals surface area contributed by atoms with Crippen molar-refractivity contribution >= 4 is 36.0 Å². The summed E-state index contributed by atoms with van der Waals surface area (Å²) in [6, 6.07) is 0. The fourth-order valence-electron chi connectivity index (χ4n) is 1.75. The van der Waals surface area contributed by atoms with Gasteiger partial charge in [-0.2, -0.15) is 0 Å². The summed E-state index contributed by atoms with van der Waals surface area (Å²) >= 11 is 0. The summed E-state index contributed by atoms with van der Waals surface area (Å²) in [7, 11) is 1.66. The molecular formula is C17H37IN4O4. The number of hydrogen-bond acceptors (Lipinski definition) is 5. The molecule has 0 heterocycles. The molecule has 0 aliphatic rings. The number of nitrogens with zero attached hydrogens (tertiary/aromatic N) is 1. The number of unbranched alkanes of at least 4 members (excludes halogenated alkanes) is 1. The molecule has 0 bridgehead atoms. The van der Waals surface area contributed by atoms with Crippen LogP contribution in [-0.2, 0) is 14.2 Å². The number of carbonyl (C=O) groups excluding carboxylic acids is 1. The van der Waals surface area contributed by atoms with E-state index in [1.807, 2.05) is 27.7 Å². The van der Waals surface area contributed by atoms with Gasteiger partial charge in [0.2, 0.25) is 0 Å². The van der Waals surface area contributed by atoms with Gasteiger partial charge in [0, 0.05) is 39.9 Å². The minimum atomic E-state index is -0.485. The first kappa shape index (κ1) is 27.4. The SMILES string of the molecule is CCNC(=NCCCCOCCOC)NCCNC(=O)OC(C)(C)C.I. The van der Waals surface area contributed by atoms with Gasteiger partial charge in [0.15, 0.2) is 5.96 Å². The number of carbonyl (C=O) groups is 1. The number of methoxy groups -OCH3 is 1. The first-order chi connectivity index (χ1) is 11.9. The smallest absolute Gasteiger partial charge is 0.407 e. The topological polar surface area (TPSA) is 93.2 Å². The Morgan fingerprint density at radius 1 is 1.00 bits per heavy atom. The first-order valence-electron chi connectivity index (χ1n) is 8.94. The lowest BCUT2D eigenvalue weighted by molar-refractivity contribution is 0.0529. The second-order valence-corrected chi connectivity index (χ2v) is 6.43. The number of guanidine groups is 1. The molecular weight excluding hydrogens is 451 g/mol. The van der Waals surface area contributed by atoms with E-state index in [1.165, 1.54) is 0 Å². The number of hydrogen-bond donors (Lipinski definition) is 3. The maximum absolute atomic E-state index is 11.5. The summed E-state index contributed by atoms with van der Waals surface area (Å²) in [5.74, 6) is 0.744. The van der Waals surface area contributed by atoms with E-state index in [1.54, 1.807) is 7.11 Å². The summed E-state index contributed by atoms with van der Waals surface area (Å²) < 4.78 is 15.5. The zero-order valence-electron chi connectivity index (χ0n) is 16.9. The van der Waals surface area contributed by atoms with Crippen LogP contribution in [-0.4, -0.2) is 70.8 Å². The Morgan fingerprint density at radius 3 is 2.31 bits per heavy atom. The zero-order chi connectivity index (χ0) is 19.0. The van der Waals surface area contributed by atoms with Crippen molar-refractivity contribution in [1.29, 1.82) is 0 Å². The Balaban J connectivity index is 0. The molecule has 1 amide bonds. The van der Waals surface area contributed by atoms with E-state index in [2.05, 4.69) is 20.9 Å². The van der Waals surface area contributed by atoms with Gasteiger partial charge in [-0.3, -0.25) is 4.99 Å². The molecule has 26 heavy (non-hydrogen) atoms. The highest BCUT2D eigenvalue weighted by atomic mass is 127. The zero-order valence-corrected chi connectivity index (χ0v) is 19.2. The molecule has 0 rings (SSSR count). The van der Waals surface area contributed by atoms with E-state index < -0.39 is 11.7 Å². The van der Waals surface area contributed by atoms with Gasteiger partial charge < -0.3 is 30.2 Å². The van der Waals surface area contributed by atoms with Crippen LogP contribution in [0.4, 0.5) is 4.79 Å². The third-order valence-electron chi connectivity index (χ3n) is 2.83. The van der Waals surface area contributed by atoms with Gasteiger partial charge in [0.1, 0.15) is 5.60 Å². The van der Waals surface area contributed by atoms with Crippen molar-refractivity contribution in [3.05, 3.63) is 0 Å². The minimum Gasteiger partial charge on any atom is -0.444 e. The maximum atomic E-state index is 11.5. The number of ether oxygens (including phenoxy) is 3. The molecule has 0 aliphatic heterocycles. The number of rotatable bonds is 12. The van der Waals surface area contributed by atoms with Crippen LogP contribution in [0.25, 0.3) is 0 Å². The van der Waals surface area contributed by atoms with E-state index in [4.69, 9.17) is 14.2 Å². The average Bonchev–Trinajstić information content (AvgIpc) is 2.52. The number of amides is 1. The van der Waals surface area contributed by atoms with Crippen LogP contribution < -0.4 is 16.0 Å². The van der Waals surface area contributed by atoms with Gasteiger partial charge in [-0.25, -0.2) is 4.79 Å². The average molecular weight is 488 g/mol. The van der Waals surface area contributed by atoms with E-state index >= 15 is 0 Å². The van der Waals surface area contributed by atoms with E-state index in [0.29, 0.717) is 26.3 Å². The molecule has 0 aromatic heterocycles. The van der Waals surface area contributed by atoms with E-state index in [9.17, 15) is 4.79 Å². The van der Waals surface area contributed by atoms with Crippen LogP contribution in [0.5, 0.6) is 0 Å². The van der Waals surface area contributed by atoms with Crippen molar-refractivity contribution < 1.29 is 19.0 Å². The highest BCUT2D eigenvalue weighted by Gasteiger charge is 2.15. The Morgan fingerprint density at radius 2 is 1.69 bits per heavy atom. The fourth-order valence-corrected chi connectivity index (χ4v) is 1.75. The number of nitrogens with one attached hydrogen (secondary N) is 3. The molecule has 3 N–H and O–H groups in total. The van der Waals surface area contributed by atoms with Gasteiger partial charge in [-0.05, 0) is 40.5 Å². The predicted molar refractivity (Wildman–Crippen MR) is 116 cm³/mol. The maximum Gasteiger partial charge on any atom is 0.407 e. The largest absolute Gasteiger partial charge is 0.444 e. The Bertz CT molecular complexity index is 376. The van der Waals surface area contributed by atoms with Crippen molar-refractivity contribution in [2.24, 2.45) is 4.99 Å². The highest BCUT2D eigenvalue weighted by molar-refractivity contribution is 14.0. The first-order valence-corrected chi connectivity index (χ1v) is 8.94. The normalized spacial score (nSPS) is 11.5. The number of alkyl carbamates (subject to hydrolysis) is 1. The standard InChI is InChI=1S/C17H36N4O4.HI/c1-6-18-15(19-9-7-8-12-24-14-13-23-5)20-10-11-21-16(22)25-17(2,3)4;/h6-14H2,1-5H3,(H,21,22)(H2,18,19,20);1H. The lowest BCUT2D eigenvalue weighted by atomic mass is 10.2. The Kier molecular flexibility index (Phi) is 18.6. The lowest BCUT2D eigenvalue weighted by Gasteiger charge is -2.19. The number of aliphatic imine (C=N–C) groups is 1. The summed E-state index contributed by atoms with van der Waals surface area (Å²) in [6.45, 7) is 12.1. The van der Waals surface area contributed by atoms with E-state index in [0.717, 1.165) is 38.5 Å². The van der Waals surface area contributed by atoms with Crippen LogP contribution in [0.3, 0.4) is 0 Å². The second-order valence-electron chi connectivity index (χ2n) is 6.43. The third kappa shape index (κ3) is 19.5. The molecule has 156 valence electrons. The molecule has 0 atom stereocenters. The quantitative estimate of drug-likeness (QED) is 0.169. The molecule has 0 aromatic carbocycles. The molecule has 9 heteroatoms. The van der Waals surface area contributed by atoms with Gasteiger partial charge in [0.25, 0.3) is 0 Å². The van der Waals surface area contributed by atoms with E-state index in [-0.39, 0.29) is 24.0 Å². The molecule has 8 nitrogen and oxygen atoms in total. The molecule has 0 fully saturated rings. The van der Waals surface area contributed by atoms with Crippen LogP contribution in [0.1, 0.15) is 40.5 Å². The molecule has 0 saturated heterocycles. The Hall–Kier alpha value is -0.810. The monoisotopic (exact) mass is 488 g/mol. The molecule has 0 aliphatic carbocycles. The fraction of sp³-hybridized carbons (Fsp3) is 0.882. The third-order valence-corrected chi connectivity index (χ3v) is 2.83. The predicted octanol–water partition coefficient (Wildman–Crippen LogP) is 2.13. The van der Waals surface area contributed by atoms with Crippen molar-refractivity contribution in [2.75, 3.05) is 53.1 Å². The second kappa shape index (κ2) is 17.6. The van der Waals surface area contributed by atoms with Crippen molar-refractivity contribution in [1.82, 2.24) is 16.0 Å². The van der Waals surface area contributed by atoms with Crippen LogP contribution >= 0.6 is 24.0 Å². The van der Waals surface area contributed by atoms with Crippen LogP contribution in [0.2, 0.25) is 0 Å². The molecule has 0 saturated carbocycles. The summed E-state index contributed by atoms with van der Waals surface area (Å²) in [5.41, 5.74) is -0.485. The van der Waals surface area contributed by atoms with Crippen molar-refractivity contribution in [3.8, 4) is 0 Å². The number of halogens is 1. The van der Waals surface area contributed by atoms with Gasteiger partial charge in [-0.15, -0.1) is 24.0 Å². The van der Waals surface area contributed by atoms with Gasteiger partial charge >= 0.3 is 6.09 Å². The lowest BCUT2D eigenvalue weighted by Crippen LogP contribution is -2.42. The Labute approximate surface area is 175 Å². The van der Waals surface area contributed by atoms with Gasteiger partial charge in [-0.1, -0.05) is 0 Å². The minimum absolute atomic E-state index is 0. The highest BCUT2D eigenvalue weighted by Crippen LogP contribution is 2.05. The summed E-state index contributed by atoms with van der Waals surface area (Å²) in [5, 5.41) is 9.06. The molecule has 0 spiro atoms. The molecule has 0 radical (unpaired) electrons. The molecule has 0 aromatic rings. The summed E-state index contributed by atoms with van der Waals surface area (Å²) in [6.07, 6.45) is 1.51. The van der Waals surface area contributed by atoms with Gasteiger partial charge in [0.05, 0.1) is 13.2 Å². The van der Waals surface area contributed by atoms with Crippen molar-refractivity contribution in [2.45, 2.75) is 46.1 Å². The van der Waals surface area contributed by atoms with Crippen molar-refractivity contribution in [3.63, 3.8) is 0 Å². The molecule has 0 unspecified atom stereocenters. The van der Waals surface area contributed by atoms with Crippen LogP contribution in [0, 0.1) is 0 Å². The summed E-state index contributed by atoms with van der Waals surface area (Å²) in [4.78, 5) is 16.0. The van der Waals surface area contributed by atoms with Crippen LogP contribution in [0.15, 0.2) is 4.99 Å².